The van der Waals surface area contributed by atoms with Crippen molar-refractivity contribution in [2.45, 2.75) is 32.8 Å². The highest BCUT2D eigenvalue weighted by molar-refractivity contribution is 9.10. The summed E-state index contributed by atoms with van der Waals surface area (Å²) in [6.07, 6.45) is -0.563. The molecule has 2 unspecified atom stereocenters. The molecule has 2 N–H and O–H groups in total. The molecule has 3 nitrogen and oxygen atoms in total. The molecule has 92 valence electrons. The van der Waals surface area contributed by atoms with E-state index in [1.54, 1.807) is 0 Å². The predicted octanol–water partition coefficient (Wildman–Crippen LogP) is 3.19. The van der Waals surface area contributed by atoms with Gasteiger partial charge in [-0.1, -0.05) is 29.8 Å². The summed E-state index contributed by atoms with van der Waals surface area (Å²) >= 11 is 3.43. The first kappa shape index (κ1) is 12.6. The third-order valence-electron chi connectivity index (χ3n) is 3.22. The summed E-state index contributed by atoms with van der Waals surface area (Å²) in [5.41, 5.74) is 2.54. The Kier molecular flexibility index (Phi) is 3.27. The molecule has 17 heavy (non-hydrogen) atoms. The summed E-state index contributed by atoms with van der Waals surface area (Å²) in [4.78, 5) is 11.7. The molecule has 2 atom stereocenters. The van der Waals surface area contributed by atoms with E-state index in [1.165, 1.54) is 0 Å². The van der Waals surface area contributed by atoms with Crippen LogP contribution in [0.5, 0.6) is 0 Å². The molecule has 1 aromatic rings. The topological polar surface area (TPSA) is 49.3 Å². The van der Waals surface area contributed by atoms with Crippen LogP contribution < -0.4 is 5.32 Å². The molecule has 0 spiro atoms. The number of benzene rings is 1. The van der Waals surface area contributed by atoms with Gasteiger partial charge in [-0.25, -0.2) is 0 Å². The number of aliphatic hydroxyl groups is 1. The van der Waals surface area contributed by atoms with Gasteiger partial charge in [-0.15, -0.1) is 0 Å². The van der Waals surface area contributed by atoms with Crippen molar-refractivity contribution in [1.82, 2.24) is 0 Å². The second-order valence-corrected chi connectivity index (χ2v) is 5.77. The van der Waals surface area contributed by atoms with Gasteiger partial charge in [-0.05, 0) is 30.5 Å². The normalized spacial score (nSPS) is 20.4. The summed E-state index contributed by atoms with van der Waals surface area (Å²) in [5, 5.41) is 13.0. The van der Waals surface area contributed by atoms with Gasteiger partial charge < -0.3 is 10.4 Å². The zero-order valence-corrected chi connectivity index (χ0v) is 11.7. The average molecular weight is 298 g/mol. The Hall–Kier alpha value is -0.870. The van der Waals surface area contributed by atoms with Crippen LogP contribution in [0.1, 0.15) is 43.9 Å². The van der Waals surface area contributed by atoms with Crippen LogP contribution in [-0.2, 0) is 4.79 Å². The third kappa shape index (κ3) is 2.11. The van der Waals surface area contributed by atoms with E-state index >= 15 is 0 Å². The monoisotopic (exact) mass is 297 g/mol. The van der Waals surface area contributed by atoms with E-state index in [1.807, 2.05) is 32.9 Å². The smallest absolute Gasteiger partial charge is 0.231 e. The summed E-state index contributed by atoms with van der Waals surface area (Å²) in [6.45, 7) is 5.79. The molecule has 4 heteroatoms. The third-order valence-corrected chi connectivity index (χ3v) is 3.68. The number of aliphatic hydroxyl groups excluding tert-OH is 1. The molecule has 1 aromatic carbocycles. The first-order valence-electron chi connectivity index (χ1n) is 5.74. The van der Waals surface area contributed by atoms with Gasteiger partial charge in [0, 0.05) is 10.0 Å². The van der Waals surface area contributed by atoms with E-state index in [0.29, 0.717) is 0 Å². The number of hydrogen-bond donors (Lipinski definition) is 2. The van der Waals surface area contributed by atoms with E-state index in [2.05, 4.69) is 21.2 Å². The fraction of sp³-hybridized carbons (Fsp3) is 0.462. The van der Waals surface area contributed by atoms with Crippen molar-refractivity contribution in [3.05, 3.63) is 27.7 Å². The van der Waals surface area contributed by atoms with Crippen molar-refractivity contribution in [3.63, 3.8) is 0 Å². The fourth-order valence-corrected chi connectivity index (χ4v) is 2.59. The van der Waals surface area contributed by atoms with Crippen LogP contribution in [-0.4, -0.2) is 11.0 Å². The van der Waals surface area contributed by atoms with Crippen molar-refractivity contribution in [3.8, 4) is 0 Å². The minimum Gasteiger partial charge on any atom is -0.388 e. The number of nitrogens with one attached hydrogen (secondary N) is 1. The van der Waals surface area contributed by atoms with Crippen molar-refractivity contribution >= 4 is 27.5 Å². The maximum Gasteiger partial charge on any atom is 0.231 e. The maximum atomic E-state index is 11.7. The van der Waals surface area contributed by atoms with Crippen LogP contribution in [0.3, 0.4) is 0 Å². The number of fused-ring (bicyclic) bond motifs is 1. The number of carbonyl (C=O) groups excluding carboxylic acids is 1. The van der Waals surface area contributed by atoms with E-state index in [0.717, 1.165) is 21.3 Å². The Morgan fingerprint density at radius 1 is 1.41 bits per heavy atom. The molecule has 0 aromatic heterocycles. The average Bonchev–Trinajstić information content (AvgIpc) is 2.54. The quantitative estimate of drug-likeness (QED) is 0.881. The van der Waals surface area contributed by atoms with Crippen molar-refractivity contribution in [2.75, 3.05) is 5.32 Å². The lowest BCUT2D eigenvalue weighted by Crippen LogP contribution is -2.11. The molecule has 0 saturated heterocycles. The highest BCUT2D eigenvalue weighted by atomic mass is 79.9. The van der Waals surface area contributed by atoms with Crippen LogP contribution in [0.2, 0.25) is 0 Å². The Balaban J connectivity index is 2.56. The molecule has 1 aliphatic rings. The zero-order valence-electron chi connectivity index (χ0n) is 10.1. The van der Waals surface area contributed by atoms with Crippen LogP contribution in [0.4, 0.5) is 5.69 Å². The number of rotatable bonds is 2. The van der Waals surface area contributed by atoms with Gasteiger partial charge >= 0.3 is 0 Å². The second kappa shape index (κ2) is 4.42. The molecule has 0 aliphatic carbocycles. The predicted molar refractivity (Wildman–Crippen MR) is 71.0 cm³/mol. The lowest BCUT2D eigenvalue weighted by Gasteiger charge is -2.18. The van der Waals surface area contributed by atoms with Crippen molar-refractivity contribution < 1.29 is 9.90 Å². The van der Waals surface area contributed by atoms with Crippen molar-refractivity contribution in [1.29, 1.82) is 0 Å². The Bertz CT molecular complexity index is 471. The lowest BCUT2D eigenvalue weighted by atomic mass is 9.93. The van der Waals surface area contributed by atoms with Crippen LogP contribution in [0.25, 0.3) is 0 Å². The number of anilines is 1. The number of carbonyl (C=O) groups is 1. The molecule has 0 bridgehead atoms. The van der Waals surface area contributed by atoms with Gasteiger partial charge in [-0.2, -0.15) is 0 Å². The van der Waals surface area contributed by atoms with E-state index in [9.17, 15) is 9.90 Å². The molecule has 0 saturated carbocycles. The number of hydrogen-bond acceptors (Lipinski definition) is 2. The SMILES string of the molecule is CC1C(=O)Nc2c1cc(Br)cc2C(O)C(C)C. The first-order valence-corrected chi connectivity index (χ1v) is 6.53. The molecular formula is C13H16BrNO2. The lowest BCUT2D eigenvalue weighted by molar-refractivity contribution is -0.116. The summed E-state index contributed by atoms with van der Waals surface area (Å²) < 4.78 is 0.898. The Morgan fingerprint density at radius 2 is 2.06 bits per heavy atom. The summed E-state index contributed by atoms with van der Waals surface area (Å²) in [7, 11) is 0. The zero-order chi connectivity index (χ0) is 12.7. The summed E-state index contributed by atoms with van der Waals surface area (Å²) in [6, 6.07) is 3.82. The number of amides is 1. The van der Waals surface area contributed by atoms with Gasteiger partial charge in [0.15, 0.2) is 0 Å². The van der Waals surface area contributed by atoms with Gasteiger partial charge in [0.1, 0.15) is 0 Å². The second-order valence-electron chi connectivity index (χ2n) is 4.86. The standard InChI is InChI=1S/C13H16BrNO2/c1-6(2)12(16)10-5-8(14)4-9-7(3)13(17)15-11(9)10/h4-7,12,16H,1-3H3,(H,15,17). The Labute approximate surface area is 109 Å². The minimum absolute atomic E-state index is 0.00435. The molecule has 1 aliphatic heterocycles. The van der Waals surface area contributed by atoms with Crippen molar-refractivity contribution in [2.24, 2.45) is 5.92 Å². The van der Waals surface area contributed by atoms with Gasteiger partial charge in [0.2, 0.25) is 5.91 Å². The highest BCUT2D eigenvalue weighted by Crippen LogP contribution is 2.41. The Morgan fingerprint density at radius 3 is 2.65 bits per heavy atom. The van der Waals surface area contributed by atoms with E-state index in [-0.39, 0.29) is 17.7 Å². The highest BCUT2D eigenvalue weighted by Gasteiger charge is 2.31. The molecule has 2 rings (SSSR count). The minimum atomic E-state index is -0.563. The first-order chi connectivity index (χ1) is 7.91. The molecule has 0 fully saturated rings. The fourth-order valence-electron chi connectivity index (χ4n) is 2.10. The molecule has 1 heterocycles. The van der Waals surface area contributed by atoms with Crippen LogP contribution in [0.15, 0.2) is 16.6 Å². The van der Waals surface area contributed by atoms with E-state index in [4.69, 9.17) is 0 Å². The van der Waals surface area contributed by atoms with E-state index < -0.39 is 6.10 Å². The summed E-state index contributed by atoms with van der Waals surface area (Å²) in [5.74, 6) is -0.0443. The maximum absolute atomic E-state index is 11.7. The van der Waals surface area contributed by atoms with Crippen LogP contribution in [0, 0.1) is 5.92 Å². The van der Waals surface area contributed by atoms with Gasteiger partial charge in [0.05, 0.1) is 17.7 Å². The molecule has 0 radical (unpaired) electrons. The number of halogens is 1. The van der Waals surface area contributed by atoms with Gasteiger partial charge in [-0.3, -0.25) is 4.79 Å². The van der Waals surface area contributed by atoms with Gasteiger partial charge in [0.25, 0.3) is 0 Å². The molecular weight excluding hydrogens is 282 g/mol. The van der Waals surface area contributed by atoms with Crippen LogP contribution >= 0.6 is 15.9 Å². The molecule has 1 amide bonds. The largest absolute Gasteiger partial charge is 0.388 e.